The van der Waals surface area contributed by atoms with Crippen molar-refractivity contribution in [2.75, 3.05) is 0 Å². The van der Waals surface area contributed by atoms with E-state index < -0.39 is 0 Å². The van der Waals surface area contributed by atoms with Crippen LogP contribution in [0.3, 0.4) is 0 Å². The van der Waals surface area contributed by atoms with Crippen LogP contribution < -0.4 is 9.47 Å². The van der Waals surface area contributed by atoms with E-state index in [1.807, 2.05) is 54.6 Å². The third-order valence-electron chi connectivity index (χ3n) is 3.44. The van der Waals surface area contributed by atoms with Crippen LogP contribution in [0.15, 0.2) is 54.6 Å². The van der Waals surface area contributed by atoms with E-state index in [1.54, 1.807) is 0 Å². The van der Waals surface area contributed by atoms with Gasteiger partial charge < -0.3 is 14.6 Å². The molecule has 0 atom stereocenters. The Morgan fingerprint density at radius 2 is 1.55 bits per heavy atom. The summed E-state index contributed by atoms with van der Waals surface area (Å²) in [5.41, 5.74) is 1.15. The van der Waals surface area contributed by atoms with Gasteiger partial charge in [-0.05, 0) is 29.8 Å². The van der Waals surface area contributed by atoms with Crippen molar-refractivity contribution < 1.29 is 14.6 Å². The summed E-state index contributed by atoms with van der Waals surface area (Å²) in [5.74, 6) is 1.66. The fourth-order valence-electron chi connectivity index (χ4n) is 2.18. The molecule has 0 radical (unpaired) electrons. The molecule has 0 spiro atoms. The average molecular weight is 270 g/mol. The van der Waals surface area contributed by atoms with Crippen molar-refractivity contribution in [3.05, 3.63) is 60.2 Å². The summed E-state index contributed by atoms with van der Waals surface area (Å²) in [6.07, 6.45) is 1.42. The lowest BCUT2D eigenvalue weighted by atomic mass is 9.92. The van der Waals surface area contributed by atoms with Crippen LogP contribution in [0.4, 0.5) is 0 Å². The maximum absolute atomic E-state index is 9.22. The molecule has 0 amide bonds. The Labute approximate surface area is 118 Å². The van der Waals surface area contributed by atoms with Crippen LogP contribution in [0.25, 0.3) is 0 Å². The number of ether oxygens (including phenoxy) is 2. The molecule has 0 heterocycles. The minimum atomic E-state index is -0.187. The van der Waals surface area contributed by atoms with Gasteiger partial charge in [-0.2, -0.15) is 0 Å². The molecule has 0 saturated heterocycles. The first-order chi connectivity index (χ1) is 9.79. The zero-order valence-corrected chi connectivity index (χ0v) is 11.2. The van der Waals surface area contributed by atoms with E-state index in [4.69, 9.17) is 9.47 Å². The molecule has 1 fully saturated rings. The molecule has 0 aromatic heterocycles. The largest absolute Gasteiger partial charge is 0.490 e. The second-order valence-corrected chi connectivity index (χ2v) is 5.11. The summed E-state index contributed by atoms with van der Waals surface area (Å²) in [5, 5.41) is 9.22. The molecule has 20 heavy (non-hydrogen) atoms. The van der Waals surface area contributed by atoms with Crippen molar-refractivity contribution in [1.82, 2.24) is 0 Å². The first kappa shape index (κ1) is 13.0. The predicted molar refractivity (Wildman–Crippen MR) is 76.9 cm³/mol. The molecule has 2 aromatic carbocycles. The van der Waals surface area contributed by atoms with Gasteiger partial charge in [0.1, 0.15) is 24.2 Å². The minimum absolute atomic E-state index is 0.154. The van der Waals surface area contributed by atoms with Crippen molar-refractivity contribution >= 4 is 0 Å². The second kappa shape index (κ2) is 5.97. The Morgan fingerprint density at radius 3 is 2.20 bits per heavy atom. The molecule has 1 saturated carbocycles. The topological polar surface area (TPSA) is 38.7 Å². The highest BCUT2D eigenvalue weighted by molar-refractivity contribution is 5.31. The van der Waals surface area contributed by atoms with E-state index in [-0.39, 0.29) is 12.2 Å². The number of aliphatic hydroxyl groups is 1. The highest BCUT2D eigenvalue weighted by Gasteiger charge is 2.28. The predicted octanol–water partition coefficient (Wildman–Crippen LogP) is 3.17. The van der Waals surface area contributed by atoms with Crippen molar-refractivity contribution in [1.29, 1.82) is 0 Å². The number of hydrogen-bond acceptors (Lipinski definition) is 3. The number of rotatable bonds is 5. The van der Waals surface area contributed by atoms with Gasteiger partial charge in [-0.25, -0.2) is 0 Å². The van der Waals surface area contributed by atoms with Gasteiger partial charge in [-0.1, -0.05) is 30.3 Å². The van der Waals surface area contributed by atoms with E-state index in [1.165, 1.54) is 0 Å². The van der Waals surface area contributed by atoms with Crippen LogP contribution in [-0.4, -0.2) is 17.3 Å². The molecular weight excluding hydrogens is 252 g/mol. The number of benzene rings is 2. The van der Waals surface area contributed by atoms with Gasteiger partial charge in [0.2, 0.25) is 0 Å². The molecule has 0 bridgehead atoms. The molecule has 2 aromatic rings. The lowest BCUT2D eigenvalue weighted by Gasteiger charge is -2.31. The SMILES string of the molecule is OC1CC(Oc2ccc(OCc3ccccc3)cc2)C1. The highest BCUT2D eigenvalue weighted by Crippen LogP contribution is 2.27. The molecule has 1 aliphatic rings. The maximum Gasteiger partial charge on any atom is 0.120 e. The van der Waals surface area contributed by atoms with E-state index >= 15 is 0 Å². The van der Waals surface area contributed by atoms with Crippen LogP contribution in [0.1, 0.15) is 18.4 Å². The summed E-state index contributed by atoms with van der Waals surface area (Å²) in [4.78, 5) is 0. The Balaban J connectivity index is 1.51. The molecule has 0 aliphatic heterocycles. The third kappa shape index (κ3) is 3.31. The maximum atomic E-state index is 9.22. The molecule has 3 heteroatoms. The van der Waals surface area contributed by atoms with Gasteiger partial charge in [0.15, 0.2) is 0 Å². The van der Waals surface area contributed by atoms with Crippen molar-refractivity contribution in [2.24, 2.45) is 0 Å². The van der Waals surface area contributed by atoms with Gasteiger partial charge >= 0.3 is 0 Å². The molecule has 104 valence electrons. The van der Waals surface area contributed by atoms with Gasteiger partial charge in [0.25, 0.3) is 0 Å². The highest BCUT2D eigenvalue weighted by atomic mass is 16.5. The summed E-state index contributed by atoms with van der Waals surface area (Å²) >= 11 is 0. The van der Waals surface area contributed by atoms with Gasteiger partial charge in [0.05, 0.1) is 6.10 Å². The summed E-state index contributed by atoms with van der Waals surface area (Å²) in [7, 11) is 0. The Kier molecular flexibility index (Phi) is 3.88. The smallest absolute Gasteiger partial charge is 0.120 e. The van der Waals surface area contributed by atoms with Gasteiger partial charge in [-0.15, -0.1) is 0 Å². The molecule has 0 unspecified atom stereocenters. The van der Waals surface area contributed by atoms with Crippen LogP contribution in [0.2, 0.25) is 0 Å². The Hall–Kier alpha value is -2.00. The quantitative estimate of drug-likeness (QED) is 0.907. The van der Waals surface area contributed by atoms with Crippen LogP contribution in [-0.2, 0) is 6.61 Å². The van der Waals surface area contributed by atoms with Crippen LogP contribution in [0.5, 0.6) is 11.5 Å². The fraction of sp³-hybridized carbons (Fsp3) is 0.294. The van der Waals surface area contributed by atoms with Crippen LogP contribution in [0, 0.1) is 0 Å². The van der Waals surface area contributed by atoms with Crippen molar-refractivity contribution in [3.8, 4) is 11.5 Å². The van der Waals surface area contributed by atoms with Gasteiger partial charge in [-0.3, -0.25) is 0 Å². The summed E-state index contributed by atoms with van der Waals surface area (Å²) in [6, 6.07) is 17.7. The normalized spacial score (nSPS) is 21.1. The zero-order chi connectivity index (χ0) is 13.8. The molecule has 1 aliphatic carbocycles. The first-order valence-corrected chi connectivity index (χ1v) is 6.91. The average Bonchev–Trinajstić information content (AvgIpc) is 2.46. The third-order valence-corrected chi connectivity index (χ3v) is 3.44. The number of hydrogen-bond donors (Lipinski definition) is 1. The van der Waals surface area contributed by atoms with Crippen LogP contribution >= 0.6 is 0 Å². The minimum Gasteiger partial charge on any atom is -0.490 e. The second-order valence-electron chi connectivity index (χ2n) is 5.11. The molecule has 3 rings (SSSR count). The number of aliphatic hydroxyl groups excluding tert-OH is 1. The lowest BCUT2D eigenvalue weighted by molar-refractivity contribution is -0.0108. The standard InChI is InChI=1S/C17H18O3/c18-14-10-17(11-14)20-16-8-6-15(7-9-16)19-12-13-4-2-1-3-5-13/h1-9,14,17-18H,10-12H2. The van der Waals surface area contributed by atoms with Gasteiger partial charge in [0, 0.05) is 12.8 Å². The van der Waals surface area contributed by atoms with E-state index in [9.17, 15) is 5.11 Å². The molecular formula is C17H18O3. The lowest BCUT2D eigenvalue weighted by Crippen LogP contribution is -2.37. The molecule has 3 nitrogen and oxygen atoms in total. The van der Waals surface area contributed by atoms with E-state index in [2.05, 4.69) is 0 Å². The van der Waals surface area contributed by atoms with E-state index in [0.717, 1.165) is 29.9 Å². The van der Waals surface area contributed by atoms with Crippen molar-refractivity contribution in [3.63, 3.8) is 0 Å². The summed E-state index contributed by atoms with van der Waals surface area (Å²) in [6.45, 7) is 0.565. The monoisotopic (exact) mass is 270 g/mol. The molecule has 1 N–H and O–H groups in total. The first-order valence-electron chi connectivity index (χ1n) is 6.91. The zero-order valence-electron chi connectivity index (χ0n) is 11.2. The van der Waals surface area contributed by atoms with E-state index in [0.29, 0.717) is 6.61 Å². The Bertz CT molecular complexity index is 530. The Morgan fingerprint density at radius 1 is 0.900 bits per heavy atom. The van der Waals surface area contributed by atoms with Crippen molar-refractivity contribution in [2.45, 2.75) is 31.7 Å². The summed E-state index contributed by atoms with van der Waals surface area (Å²) < 4.78 is 11.4. The fourth-order valence-corrected chi connectivity index (χ4v) is 2.18.